The summed E-state index contributed by atoms with van der Waals surface area (Å²) in [6.07, 6.45) is -1.98. The first-order valence-corrected chi connectivity index (χ1v) is 23.8. The first-order chi connectivity index (χ1) is 30.9. The summed E-state index contributed by atoms with van der Waals surface area (Å²) in [5.74, 6) is -1.58. The molecule has 1 aromatic carbocycles. The monoisotopic (exact) mass is 916 g/mol. The zero-order chi connectivity index (χ0) is 46.8. The van der Waals surface area contributed by atoms with Crippen LogP contribution in [0.2, 0.25) is 0 Å². The number of rotatable bonds is 16. The standard InChI is InChI=1S/C49H72O16/c1-7-8-9-10-11-39(54)59-24-27(2)49(57)38(23-35-33-17-14-30-22-31(51)18-20-47(30,4)34(33)19-21-48(35,49)5)63-46-43(62-28(3)50)41(37(53)26-61-46)65-45-42(40(55)36(52)25-60-45)64-44(56)29-12-15-32(58-6)16-13-29/h12-16,27,31,33-38,40-43,45-46,51-53,55,57H,7-11,17-26H2,1-6H3/t27-,31+,33-,34+,35+,36-,37+,38+,40+,41+,42-,43-,45+,46+,47+,48+,49-/m1/s1. The Morgan fingerprint density at radius 2 is 1.57 bits per heavy atom. The van der Waals surface area contributed by atoms with Crippen LogP contribution >= 0.6 is 0 Å². The third-order valence-electron chi connectivity index (χ3n) is 16.1. The van der Waals surface area contributed by atoms with Crippen LogP contribution in [0, 0.1) is 34.5 Å². The van der Waals surface area contributed by atoms with Crippen molar-refractivity contribution in [2.24, 2.45) is 34.5 Å². The zero-order valence-electron chi connectivity index (χ0n) is 38.8. The van der Waals surface area contributed by atoms with E-state index < -0.39 is 90.8 Å². The van der Waals surface area contributed by atoms with Crippen LogP contribution in [0.1, 0.15) is 122 Å². The summed E-state index contributed by atoms with van der Waals surface area (Å²) < 4.78 is 47.7. The smallest absolute Gasteiger partial charge is 0.338 e. The minimum Gasteiger partial charge on any atom is -0.497 e. The Morgan fingerprint density at radius 3 is 2.26 bits per heavy atom. The van der Waals surface area contributed by atoms with Crippen molar-refractivity contribution in [1.82, 2.24) is 0 Å². The van der Waals surface area contributed by atoms with Crippen molar-refractivity contribution in [3.05, 3.63) is 41.5 Å². The fourth-order valence-electron chi connectivity index (χ4n) is 12.4. The van der Waals surface area contributed by atoms with Gasteiger partial charge in [-0.1, -0.05) is 58.6 Å². The molecule has 364 valence electrons. The molecule has 16 heteroatoms. The van der Waals surface area contributed by atoms with Gasteiger partial charge >= 0.3 is 17.9 Å². The number of fused-ring (bicyclic) bond motifs is 5. The van der Waals surface area contributed by atoms with E-state index in [9.17, 15) is 39.9 Å². The Morgan fingerprint density at radius 1 is 0.862 bits per heavy atom. The highest BCUT2D eigenvalue weighted by molar-refractivity contribution is 5.89. The maximum absolute atomic E-state index is 13.5. The molecule has 6 aliphatic rings. The van der Waals surface area contributed by atoms with Gasteiger partial charge < -0.3 is 63.4 Å². The van der Waals surface area contributed by atoms with E-state index in [2.05, 4.69) is 26.8 Å². The third-order valence-corrected chi connectivity index (χ3v) is 16.1. The van der Waals surface area contributed by atoms with Gasteiger partial charge in [-0.2, -0.15) is 0 Å². The minimum absolute atomic E-state index is 0.0389. The molecular weight excluding hydrogens is 845 g/mol. The fraction of sp³-hybridized carbons (Fsp3) is 0.776. The van der Waals surface area contributed by atoms with Crippen LogP contribution in [0.15, 0.2) is 35.9 Å². The van der Waals surface area contributed by atoms with E-state index in [1.165, 1.54) is 31.7 Å². The van der Waals surface area contributed by atoms with Crippen molar-refractivity contribution in [2.75, 3.05) is 26.9 Å². The number of allylic oxidation sites excluding steroid dienone is 1. The average Bonchev–Trinajstić information content (AvgIpc) is 3.51. The largest absolute Gasteiger partial charge is 0.497 e. The Labute approximate surface area is 382 Å². The lowest BCUT2D eigenvalue weighted by atomic mass is 9.46. The maximum Gasteiger partial charge on any atom is 0.338 e. The number of methoxy groups -OCH3 is 1. The summed E-state index contributed by atoms with van der Waals surface area (Å²) >= 11 is 0. The summed E-state index contributed by atoms with van der Waals surface area (Å²) in [7, 11) is 1.48. The number of aliphatic hydroxyl groups excluding tert-OH is 4. The molecular formula is C49H72O16. The van der Waals surface area contributed by atoms with Crippen LogP contribution in [0.25, 0.3) is 0 Å². The van der Waals surface area contributed by atoms with Gasteiger partial charge in [-0.15, -0.1) is 0 Å². The Balaban J connectivity index is 1.16. The predicted octanol–water partition coefficient (Wildman–Crippen LogP) is 4.53. The van der Waals surface area contributed by atoms with Crippen molar-refractivity contribution in [3.8, 4) is 5.75 Å². The van der Waals surface area contributed by atoms with Crippen LogP contribution in [0.5, 0.6) is 5.75 Å². The minimum atomic E-state index is -1.66. The molecule has 2 aliphatic heterocycles. The molecule has 5 N–H and O–H groups in total. The predicted molar refractivity (Wildman–Crippen MR) is 232 cm³/mol. The van der Waals surface area contributed by atoms with Crippen molar-refractivity contribution in [3.63, 3.8) is 0 Å². The van der Waals surface area contributed by atoms with Gasteiger partial charge in [0, 0.05) is 24.7 Å². The summed E-state index contributed by atoms with van der Waals surface area (Å²) in [6, 6.07) is 6.05. The van der Waals surface area contributed by atoms with Crippen LogP contribution in [0.3, 0.4) is 0 Å². The van der Waals surface area contributed by atoms with Crippen molar-refractivity contribution < 1.29 is 77.8 Å². The van der Waals surface area contributed by atoms with Crippen LogP contribution in [-0.2, 0) is 42.7 Å². The number of hydrogen-bond acceptors (Lipinski definition) is 16. The molecule has 2 heterocycles. The lowest BCUT2D eigenvalue weighted by molar-refractivity contribution is -0.345. The van der Waals surface area contributed by atoms with Crippen molar-refractivity contribution >= 4 is 17.9 Å². The number of esters is 3. The molecule has 7 rings (SSSR count). The molecule has 17 atom stereocenters. The molecule has 0 bridgehead atoms. The summed E-state index contributed by atoms with van der Waals surface area (Å²) in [4.78, 5) is 39.2. The molecule has 65 heavy (non-hydrogen) atoms. The van der Waals surface area contributed by atoms with Crippen LogP contribution in [0.4, 0.5) is 0 Å². The molecule has 1 aromatic rings. The average molecular weight is 917 g/mol. The van der Waals surface area contributed by atoms with Gasteiger partial charge in [0.25, 0.3) is 0 Å². The summed E-state index contributed by atoms with van der Waals surface area (Å²) in [5, 5.41) is 57.2. The number of benzene rings is 1. The molecule has 5 fully saturated rings. The quantitative estimate of drug-likeness (QED) is 0.0665. The molecule has 0 aromatic heterocycles. The molecule has 0 radical (unpaired) electrons. The number of carbonyl (C=O) groups is 3. The highest BCUT2D eigenvalue weighted by Gasteiger charge is 2.70. The van der Waals surface area contributed by atoms with E-state index in [1.807, 2.05) is 6.92 Å². The van der Waals surface area contributed by atoms with Gasteiger partial charge in [0.05, 0.1) is 44.7 Å². The van der Waals surface area contributed by atoms with E-state index in [-0.39, 0.29) is 54.5 Å². The molecule has 2 saturated heterocycles. The van der Waals surface area contributed by atoms with E-state index in [0.717, 1.165) is 44.9 Å². The second kappa shape index (κ2) is 20.6. The molecule has 0 amide bonds. The van der Waals surface area contributed by atoms with E-state index in [0.29, 0.717) is 37.4 Å². The first-order valence-electron chi connectivity index (χ1n) is 23.8. The number of hydrogen-bond donors (Lipinski definition) is 5. The molecule has 0 spiro atoms. The lowest BCUT2D eigenvalue weighted by Gasteiger charge is -2.59. The highest BCUT2D eigenvalue weighted by atomic mass is 16.8. The van der Waals surface area contributed by atoms with Crippen molar-refractivity contribution in [2.45, 2.75) is 179 Å². The molecule has 16 nitrogen and oxygen atoms in total. The summed E-state index contributed by atoms with van der Waals surface area (Å²) in [6.45, 7) is 8.78. The van der Waals surface area contributed by atoms with Gasteiger partial charge in [0.1, 0.15) is 35.8 Å². The number of aliphatic hydroxyl groups is 5. The van der Waals surface area contributed by atoms with E-state index in [4.69, 9.17) is 37.9 Å². The zero-order valence-corrected chi connectivity index (χ0v) is 38.8. The normalized spacial score (nSPS) is 40.6. The Bertz CT molecular complexity index is 1840. The SMILES string of the molecule is CCCCCCC(=O)OC[C@@H](C)[C@@]1(O)[C@@H](O[C@@H]2OC[C@H](O)[C@H](O[C@@H]3OC[C@@H](O)[C@H](O)[C@H]3OC(=O)c3ccc(OC)cc3)[C@H]2OC(C)=O)C[C@H]2[C@@H]3CC=C4C[C@@H](O)CC[C@]4(C)[C@H]3CC[C@@]21C. The second-order valence-corrected chi connectivity index (χ2v) is 20.0. The van der Waals surface area contributed by atoms with Crippen LogP contribution < -0.4 is 4.74 Å². The Kier molecular flexibility index (Phi) is 15.7. The van der Waals surface area contributed by atoms with Gasteiger partial charge in [-0.25, -0.2) is 4.79 Å². The molecule has 4 aliphatic carbocycles. The summed E-state index contributed by atoms with van der Waals surface area (Å²) in [5.41, 5.74) is -0.948. The molecule has 0 unspecified atom stereocenters. The fourth-order valence-corrected chi connectivity index (χ4v) is 12.4. The molecule has 3 saturated carbocycles. The Hall–Kier alpha value is -3.19. The number of unbranched alkanes of at least 4 members (excludes halogenated alkanes) is 3. The maximum atomic E-state index is 13.5. The highest BCUT2D eigenvalue weighted by Crippen LogP contribution is 2.69. The van der Waals surface area contributed by atoms with E-state index >= 15 is 0 Å². The van der Waals surface area contributed by atoms with Gasteiger partial charge in [-0.3, -0.25) is 9.59 Å². The lowest BCUT2D eigenvalue weighted by Crippen LogP contribution is -2.64. The third kappa shape index (κ3) is 9.89. The van der Waals surface area contributed by atoms with Crippen LogP contribution in [-0.4, -0.2) is 137 Å². The van der Waals surface area contributed by atoms with Gasteiger partial charge in [0.15, 0.2) is 24.8 Å². The number of ether oxygens (including phenoxy) is 8. The van der Waals surface area contributed by atoms with Gasteiger partial charge in [0.2, 0.25) is 0 Å². The van der Waals surface area contributed by atoms with Gasteiger partial charge in [-0.05, 0) is 98.8 Å². The van der Waals surface area contributed by atoms with Crippen molar-refractivity contribution in [1.29, 1.82) is 0 Å². The topological polar surface area (TPSA) is 226 Å². The number of carbonyl (C=O) groups excluding carboxylic acids is 3. The van der Waals surface area contributed by atoms with E-state index in [1.54, 1.807) is 12.1 Å². The first kappa shape index (κ1) is 49.7. The second-order valence-electron chi connectivity index (χ2n) is 20.0.